The van der Waals surface area contributed by atoms with E-state index in [4.69, 9.17) is 19.2 Å². The number of aliphatic hydroxyl groups excluding tert-OH is 1. The van der Waals surface area contributed by atoms with Crippen molar-refractivity contribution in [3.8, 4) is 17.2 Å². The molecule has 1 atom stereocenters. The number of benzene rings is 3. The van der Waals surface area contributed by atoms with Gasteiger partial charge in [-0.1, -0.05) is 68.7 Å². The van der Waals surface area contributed by atoms with Crippen LogP contribution in [-0.4, -0.2) is 42.1 Å². The Labute approximate surface area is 261 Å². The maximum atomic E-state index is 13.8. The number of aromatic nitrogens is 1. The Morgan fingerprint density at radius 2 is 1.73 bits per heavy atom. The van der Waals surface area contributed by atoms with Crippen LogP contribution in [0.5, 0.6) is 17.2 Å². The average molecular weight is 615 g/mol. The third kappa shape index (κ3) is 6.43. The lowest BCUT2D eigenvalue weighted by atomic mass is 9.95. The van der Waals surface area contributed by atoms with Crippen molar-refractivity contribution in [2.45, 2.75) is 58.9 Å². The van der Waals surface area contributed by atoms with E-state index in [9.17, 15) is 14.7 Å². The second-order valence-electron chi connectivity index (χ2n) is 10.8. The lowest BCUT2D eigenvalue weighted by molar-refractivity contribution is -0.132. The van der Waals surface area contributed by atoms with E-state index in [0.717, 1.165) is 47.9 Å². The molecule has 0 radical (unpaired) electrons. The zero-order chi connectivity index (χ0) is 31.2. The number of aryl methyl sites for hydroxylation is 1. The third-order valence-corrected chi connectivity index (χ3v) is 8.58. The van der Waals surface area contributed by atoms with Crippen LogP contribution in [0.2, 0.25) is 0 Å². The van der Waals surface area contributed by atoms with E-state index in [-0.39, 0.29) is 11.3 Å². The van der Waals surface area contributed by atoms with Crippen molar-refractivity contribution in [3.63, 3.8) is 0 Å². The first kappa shape index (κ1) is 31.1. The molecule has 2 heterocycles. The standard InChI is InChI=1S/C35H38N2O6S/c1-5-7-9-18-43-27-16-14-23(21-28(27)41-4)31-30(32(38)24-11-10-12-25(20-24)42-17-8-6-2)33(39)34(40)37(31)35-36-26-15-13-22(3)19-29(26)44-35/h10-16,19-21,31,38H,5-9,17-18H2,1-4H3. The molecule has 0 bridgehead atoms. The summed E-state index contributed by atoms with van der Waals surface area (Å²) in [5.74, 6) is -0.234. The van der Waals surface area contributed by atoms with E-state index < -0.39 is 17.7 Å². The van der Waals surface area contributed by atoms with E-state index in [0.29, 0.717) is 46.7 Å². The molecule has 1 N–H and O–H groups in total. The number of fused-ring (bicyclic) bond motifs is 1. The maximum Gasteiger partial charge on any atom is 0.301 e. The van der Waals surface area contributed by atoms with Crippen LogP contribution in [0.25, 0.3) is 16.0 Å². The number of rotatable bonds is 13. The molecule has 5 rings (SSSR count). The number of methoxy groups -OCH3 is 1. The van der Waals surface area contributed by atoms with Crippen molar-refractivity contribution in [3.05, 3.63) is 82.9 Å². The van der Waals surface area contributed by atoms with Gasteiger partial charge in [0.2, 0.25) is 0 Å². The number of unbranched alkanes of at least 4 members (excludes halogenated alkanes) is 3. The number of aliphatic hydroxyl groups is 1. The Bertz CT molecular complexity index is 1690. The highest BCUT2D eigenvalue weighted by Gasteiger charge is 2.48. The van der Waals surface area contributed by atoms with E-state index in [1.165, 1.54) is 16.2 Å². The highest BCUT2D eigenvalue weighted by atomic mass is 32.1. The Morgan fingerprint density at radius 3 is 2.50 bits per heavy atom. The summed E-state index contributed by atoms with van der Waals surface area (Å²) in [6.45, 7) is 7.29. The van der Waals surface area contributed by atoms with Crippen molar-refractivity contribution >= 4 is 44.1 Å². The molecule has 9 heteroatoms. The molecule has 1 aliphatic rings. The molecule has 0 spiro atoms. The van der Waals surface area contributed by atoms with Gasteiger partial charge >= 0.3 is 5.91 Å². The summed E-state index contributed by atoms with van der Waals surface area (Å²) in [4.78, 5) is 33.6. The fraction of sp³-hybridized carbons (Fsp3) is 0.343. The van der Waals surface area contributed by atoms with Gasteiger partial charge in [0, 0.05) is 5.56 Å². The predicted molar refractivity (Wildman–Crippen MR) is 174 cm³/mol. The molecule has 1 aliphatic heterocycles. The Hall–Kier alpha value is -4.37. The van der Waals surface area contributed by atoms with Crippen molar-refractivity contribution in [2.75, 3.05) is 25.2 Å². The number of Topliss-reactive ketones (excluding diaryl/α,β-unsaturated/α-hetero) is 1. The van der Waals surface area contributed by atoms with Gasteiger partial charge in [-0.2, -0.15) is 0 Å². The molecule has 1 fully saturated rings. The SMILES string of the molecule is CCCCCOc1ccc(C2C(=C(O)c3cccc(OCCCC)c3)C(=O)C(=O)N2c2nc3ccc(C)cc3s2)cc1OC. The highest BCUT2D eigenvalue weighted by Crippen LogP contribution is 2.46. The first-order valence-corrected chi connectivity index (χ1v) is 15.9. The molecule has 44 heavy (non-hydrogen) atoms. The summed E-state index contributed by atoms with van der Waals surface area (Å²) >= 11 is 1.33. The quantitative estimate of drug-likeness (QED) is 0.0705. The summed E-state index contributed by atoms with van der Waals surface area (Å²) in [6.07, 6.45) is 4.93. The van der Waals surface area contributed by atoms with Crippen molar-refractivity contribution < 1.29 is 28.9 Å². The van der Waals surface area contributed by atoms with Crippen LogP contribution in [0.4, 0.5) is 5.13 Å². The summed E-state index contributed by atoms with van der Waals surface area (Å²) < 4.78 is 18.4. The predicted octanol–water partition coefficient (Wildman–Crippen LogP) is 7.99. The minimum Gasteiger partial charge on any atom is -0.507 e. The number of carbonyl (C=O) groups is 2. The topological polar surface area (TPSA) is 98.2 Å². The number of nitrogens with zero attached hydrogens (tertiary/aromatic N) is 2. The van der Waals surface area contributed by atoms with E-state index in [1.54, 1.807) is 49.6 Å². The van der Waals surface area contributed by atoms with E-state index in [1.807, 2.05) is 25.1 Å². The smallest absolute Gasteiger partial charge is 0.301 e. The van der Waals surface area contributed by atoms with Gasteiger partial charge in [-0.05, 0) is 67.3 Å². The van der Waals surface area contributed by atoms with Gasteiger partial charge in [0.05, 0.1) is 42.2 Å². The number of amides is 1. The summed E-state index contributed by atoms with van der Waals surface area (Å²) in [5, 5.41) is 12.0. The van der Waals surface area contributed by atoms with Crippen LogP contribution in [0.3, 0.4) is 0 Å². The number of ketones is 1. The van der Waals surface area contributed by atoms with Gasteiger partial charge in [-0.15, -0.1) is 0 Å². The molecule has 8 nitrogen and oxygen atoms in total. The lowest BCUT2D eigenvalue weighted by Gasteiger charge is -2.24. The number of hydrogen-bond donors (Lipinski definition) is 1. The lowest BCUT2D eigenvalue weighted by Crippen LogP contribution is -2.29. The van der Waals surface area contributed by atoms with Gasteiger partial charge in [0.25, 0.3) is 5.78 Å². The second kappa shape index (κ2) is 13.9. The molecule has 1 aromatic heterocycles. The molecular formula is C35H38N2O6S. The van der Waals surface area contributed by atoms with Crippen LogP contribution in [0.1, 0.15) is 68.7 Å². The van der Waals surface area contributed by atoms with Crippen LogP contribution in [-0.2, 0) is 9.59 Å². The maximum absolute atomic E-state index is 13.8. The first-order chi connectivity index (χ1) is 21.4. The Morgan fingerprint density at radius 1 is 0.932 bits per heavy atom. The molecule has 4 aromatic rings. The minimum absolute atomic E-state index is 0.0326. The van der Waals surface area contributed by atoms with Crippen LogP contribution in [0, 0.1) is 6.92 Å². The van der Waals surface area contributed by atoms with Gasteiger partial charge in [-0.3, -0.25) is 14.5 Å². The normalized spacial score (nSPS) is 16.1. The molecule has 0 aliphatic carbocycles. The molecular weight excluding hydrogens is 576 g/mol. The molecule has 1 amide bonds. The van der Waals surface area contributed by atoms with Crippen LogP contribution in [0.15, 0.2) is 66.2 Å². The monoisotopic (exact) mass is 614 g/mol. The number of anilines is 1. The zero-order valence-electron chi connectivity index (χ0n) is 25.6. The van der Waals surface area contributed by atoms with Gasteiger partial charge in [0.1, 0.15) is 11.5 Å². The van der Waals surface area contributed by atoms with Gasteiger partial charge in [-0.25, -0.2) is 4.98 Å². The van der Waals surface area contributed by atoms with Crippen molar-refractivity contribution in [1.82, 2.24) is 4.98 Å². The van der Waals surface area contributed by atoms with Crippen molar-refractivity contribution in [1.29, 1.82) is 0 Å². The number of ether oxygens (including phenoxy) is 3. The average Bonchev–Trinajstić information content (AvgIpc) is 3.56. The second-order valence-corrected chi connectivity index (χ2v) is 11.8. The van der Waals surface area contributed by atoms with E-state index in [2.05, 4.69) is 13.8 Å². The summed E-state index contributed by atoms with van der Waals surface area (Å²) in [7, 11) is 1.55. The largest absolute Gasteiger partial charge is 0.507 e. The fourth-order valence-electron chi connectivity index (χ4n) is 5.20. The minimum atomic E-state index is -0.954. The van der Waals surface area contributed by atoms with Gasteiger partial charge < -0.3 is 19.3 Å². The number of hydrogen-bond acceptors (Lipinski definition) is 8. The highest BCUT2D eigenvalue weighted by molar-refractivity contribution is 7.22. The zero-order valence-corrected chi connectivity index (χ0v) is 26.4. The third-order valence-electron chi connectivity index (χ3n) is 7.57. The molecule has 230 valence electrons. The van der Waals surface area contributed by atoms with Crippen LogP contribution < -0.4 is 19.1 Å². The fourth-order valence-corrected chi connectivity index (χ4v) is 6.29. The number of thiazole rings is 1. The first-order valence-electron chi connectivity index (χ1n) is 15.1. The molecule has 0 saturated carbocycles. The Kier molecular flexibility index (Phi) is 9.85. The summed E-state index contributed by atoms with van der Waals surface area (Å²) in [5.41, 5.74) is 2.71. The molecule has 1 saturated heterocycles. The van der Waals surface area contributed by atoms with Crippen molar-refractivity contribution in [2.24, 2.45) is 0 Å². The Balaban J connectivity index is 1.62. The van der Waals surface area contributed by atoms with Crippen LogP contribution >= 0.6 is 11.3 Å². The molecule has 3 aromatic carbocycles. The van der Waals surface area contributed by atoms with Gasteiger partial charge in [0.15, 0.2) is 16.6 Å². The summed E-state index contributed by atoms with van der Waals surface area (Å²) in [6, 6.07) is 17.2. The van der Waals surface area contributed by atoms with E-state index >= 15 is 0 Å². The number of carbonyl (C=O) groups excluding carboxylic acids is 2. The molecule has 1 unspecified atom stereocenters.